The monoisotopic (exact) mass is 410 g/mol. The van der Waals surface area contributed by atoms with Crippen LogP contribution < -0.4 is 4.74 Å². The van der Waals surface area contributed by atoms with Crippen molar-refractivity contribution < 1.29 is 14.6 Å². The van der Waals surface area contributed by atoms with E-state index in [1.807, 2.05) is 31.2 Å². The molecule has 0 saturated heterocycles. The molecule has 4 aliphatic carbocycles. The predicted molar refractivity (Wildman–Crippen MR) is 119 cm³/mol. The molecule has 0 aromatic heterocycles. The summed E-state index contributed by atoms with van der Waals surface area (Å²) in [6, 6.07) is 7.77. The van der Waals surface area contributed by atoms with E-state index in [4.69, 9.17) is 4.74 Å². The number of fused-ring (bicyclic) bond motifs is 5. The van der Waals surface area contributed by atoms with Gasteiger partial charge in [-0.05, 0) is 112 Å². The van der Waals surface area contributed by atoms with Crippen LogP contribution in [0.1, 0.15) is 82.0 Å². The van der Waals surface area contributed by atoms with Gasteiger partial charge in [-0.1, -0.05) is 19.1 Å². The summed E-state index contributed by atoms with van der Waals surface area (Å²) in [5.41, 5.74) is 0.454. The van der Waals surface area contributed by atoms with Gasteiger partial charge in [-0.25, -0.2) is 0 Å². The molecule has 30 heavy (non-hydrogen) atoms. The van der Waals surface area contributed by atoms with Gasteiger partial charge in [-0.3, -0.25) is 4.79 Å². The number of aliphatic hydroxyl groups is 1. The van der Waals surface area contributed by atoms with Crippen molar-refractivity contribution in [1.82, 2.24) is 0 Å². The summed E-state index contributed by atoms with van der Waals surface area (Å²) < 4.78 is 5.52. The summed E-state index contributed by atoms with van der Waals surface area (Å²) in [6.07, 6.45) is 10.4. The smallest absolute Gasteiger partial charge is 0.170 e. The zero-order valence-corrected chi connectivity index (χ0v) is 18.9. The molecular formula is C27H38O3. The van der Waals surface area contributed by atoms with Crippen LogP contribution >= 0.6 is 0 Å². The number of ether oxygens (including phenoxy) is 1. The molecule has 4 saturated carbocycles. The number of Topliss-reactive ketones (excluding diaryl/α,β-unsaturated/α-hetero) is 1. The summed E-state index contributed by atoms with van der Waals surface area (Å²) in [5, 5.41) is 10.6. The van der Waals surface area contributed by atoms with Crippen LogP contribution in [0.25, 0.3) is 0 Å². The van der Waals surface area contributed by atoms with Crippen LogP contribution in [0.15, 0.2) is 24.3 Å². The molecule has 0 radical (unpaired) electrons. The first-order valence-corrected chi connectivity index (χ1v) is 12.2. The van der Waals surface area contributed by atoms with Crippen LogP contribution in [-0.4, -0.2) is 23.6 Å². The first-order valence-electron chi connectivity index (χ1n) is 12.2. The molecule has 3 nitrogen and oxygen atoms in total. The Bertz CT molecular complexity index is 814. The lowest BCUT2D eigenvalue weighted by molar-refractivity contribution is -0.0976. The van der Waals surface area contributed by atoms with Gasteiger partial charge in [-0.2, -0.15) is 0 Å². The van der Waals surface area contributed by atoms with Gasteiger partial charge in [-0.15, -0.1) is 0 Å². The van der Waals surface area contributed by atoms with Crippen LogP contribution in [0.5, 0.6) is 5.75 Å². The van der Waals surface area contributed by atoms with Crippen molar-refractivity contribution in [2.75, 3.05) is 7.11 Å². The van der Waals surface area contributed by atoms with Crippen LogP contribution in [0.4, 0.5) is 0 Å². The second kappa shape index (κ2) is 7.36. The predicted octanol–water partition coefficient (Wildman–Crippen LogP) is 5.90. The first kappa shape index (κ1) is 20.5. The fourth-order valence-electron chi connectivity index (χ4n) is 8.55. The summed E-state index contributed by atoms with van der Waals surface area (Å²) >= 11 is 0. The Labute approximate surface area is 181 Å². The Balaban J connectivity index is 1.38. The topological polar surface area (TPSA) is 46.5 Å². The van der Waals surface area contributed by atoms with Crippen molar-refractivity contribution in [3.05, 3.63) is 29.8 Å². The Morgan fingerprint density at radius 3 is 2.53 bits per heavy atom. The van der Waals surface area contributed by atoms with E-state index in [1.165, 1.54) is 38.5 Å². The molecule has 1 aromatic carbocycles. The van der Waals surface area contributed by atoms with Crippen molar-refractivity contribution in [2.24, 2.45) is 40.9 Å². The van der Waals surface area contributed by atoms with Gasteiger partial charge in [0.05, 0.1) is 18.3 Å². The average Bonchev–Trinajstić information content (AvgIpc) is 3.09. The normalized spacial score (nSPS) is 45.2. The van der Waals surface area contributed by atoms with E-state index < -0.39 is 5.60 Å². The third-order valence-electron chi connectivity index (χ3n) is 9.93. The van der Waals surface area contributed by atoms with E-state index in [-0.39, 0.29) is 11.3 Å². The van der Waals surface area contributed by atoms with Crippen molar-refractivity contribution in [3.63, 3.8) is 0 Å². The lowest BCUT2D eigenvalue weighted by Crippen LogP contribution is -2.51. The maximum Gasteiger partial charge on any atom is 0.170 e. The zero-order chi connectivity index (χ0) is 21.1. The Hall–Kier alpha value is -1.35. The first-order chi connectivity index (χ1) is 14.3. The third-order valence-corrected chi connectivity index (χ3v) is 9.93. The summed E-state index contributed by atoms with van der Waals surface area (Å²) in [5.74, 6) is 4.95. The van der Waals surface area contributed by atoms with Crippen molar-refractivity contribution in [3.8, 4) is 5.75 Å². The molecular weight excluding hydrogens is 372 g/mol. The maximum atomic E-state index is 13.6. The molecule has 0 spiro atoms. The standard InChI is InChI=1S/C27H38O3/c1-26(29)14-12-18-17(16-26)8-9-20-19(18)13-15-27(2)22(20)10-11-23(27)25(28)21-6-4-5-7-24(21)30-3/h4-7,17-20,22-23,29H,8-16H2,1-3H3/t17-,18?,19-,20?,22+,23-,26-,27+/m1/s1. The number of carbonyl (C=O) groups is 1. The zero-order valence-electron chi connectivity index (χ0n) is 18.9. The number of hydrogen-bond acceptors (Lipinski definition) is 3. The fraction of sp³-hybridized carbons (Fsp3) is 0.741. The van der Waals surface area contributed by atoms with Gasteiger partial charge < -0.3 is 9.84 Å². The molecule has 1 N–H and O–H groups in total. The number of carbonyl (C=O) groups excluding carboxylic acids is 1. The highest BCUT2D eigenvalue weighted by molar-refractivity contribution is 6.01. The minimum atomic E-state index is -0.448. The lowest BCUT2D eigenvalue weighted by atomic mass is 9.49. The minimum Gasteiger partial charge on any atom is -0.496 e. The quantitative estimate of drug-likeness (QED) is 0.631. The number of para-hydroxylation sites is 1. The molecule has 0 bridgehead atoms. The number of methoxy groups -OCH3 is 1. The second-order valence-corrected chi connectivity index (χ2v) is 11.4. The van der Waals surface area contributed by atoms with E-state index in [0.717, 1.165) is 48.3 Å². The number of rotatable bonds is 3. The Kier molecular flexibility index (Phi) is 5.04. The molecule has 4 aliphatic rings. The lowest BCUT2D eigenvalue weighted by Gasteiger charge is -2.56. The minimum absolute atomic E-state index is 0.129. The van der Waals surface area contributed by atoms with Crippen LogP contribution in [0, 0.1) is 40.9 Å². The molecule has 4 fully saturated rings. The number of ketones is 1. The highest BCUT2D eigenvalue weighted by Gasteiger charge is 2.59. The van der Waals surface area contributed by atoms with Crippen molar-refractivity contribution in [2.45, 2.75) is 77.2 Å². The number of benzene rings is 1. The summed E-state index contributed by atoms with van der Waals surface area (Å²) in [7, 11) is 1.66. The second-order valence-electron chi connectivity index (χ2n) is 11.4. The molecule has 3 heteroatoms. The van der Waals surface area contributed by atoms with Crippen LogP contribution in [-0.2, 0) is 0 Å². The van der Waals surface area contributed by atoms with Gasteiger partial charge in [0.15, 0.2) is 5.78 Å². The van der Waals surface area contributed by atoms with Crippen LogP contribution in [0.2, 0.25) is 0 Å². The van der Waals surface area contributed by atoms with E-state index in [2.05, 4.69) is 6.92 Å². The highest BCUT2D eigenvalue weighted by Crippen LogP contribution is 2.65. The summed E-state index contributed by atoms with van der Waals surface area (Å²) in [4.78, 5) is 13.6. The van der Waals surface area contributed by atoms with Crippen molar-refractivity contribution in [1.29, 1.82) is 0 Å². The molecule has 164 valence electrons. The maximum absolute atomic E-state index is 13.6. The van der Waals surface area contributed by atoms with E-state index in [1.54, 1.807) is 7.11 Å². The van der Waals surface area contributed by atoms with E-state index in [0.29, 0.717) is 17.6 Å². The SMILES string of the molecule is COc1ccccc1C(=O)[C@H]1CC[C@H]2C3CC[C@@H]4C[C@](C)(O)CCC4[C@H]3CC[C@]12C. The van der Waals surface area contributed by atoms with E-state index in [9.17, 15) is 9.90 Å². The largest absolute Gasteiger partial charge is 0.496 e. The Morgan fingerprint density at radius 2 is 1.73 bits per heavy atom. The summed E-state index contributed by atoms with van der Waals surface area (Å²) in [6.45, 7) is 4.47. The van der Waals surface area contributed by atoms with Gasteiger partial charge in [0.2, 0.25) is 0 Å². The van der Waals surface area contributed by atoms with Crippen molar-refractivity contribution >= 4 is 5.78 Å². The highest BCUT2D eigenvalue weighted by atomic mass is 16.5. The molecule has 1 aromatic rings. The van der Waals surface area contributed by atoms with Gasteiger partial charge in [0.1, 0.15) is 5.75 Å². The van der Waals surface area contributed by atoms with Gasteiger partial charge >= 0.3 is 0 Å². The van der Waals surface area contributed by atoms with Gasteiger partial charge in [0.25, 0.3) is 0 Å². The average molecular weight is 411 g/mol. The van der Waals surface area contributed by atoms with E-state index >= 15 is 0 Å². The molecule has 0 aliphatic heterocycles. The molecule has 8 atom stereocenters. The van der Waals surface area contributed by atoms with Crippen LogP contribution in [0.3, 0.4) is 0 Å². The molecule has 0 heterocycles. The molecule has 5 rings (SSSR count). The Morgan fingerprint density at radius 1 is 0.967 bits per heavy atom. The third kappa shape index (κ3) is 3.15. The van der Waals surface area contributed by atoms with Gasteiger partial charge in [0, 0.05) is 5.92 Å². The fourth-order valence-corrected chi connectivity index (χ4v) is 8.55. The molecule has 0 amide bonds. The number of hydrogen-bond donors (Lipinski definition) is 1. The molecule has 2 unspecified atom stereocenters.